The maximum atomic E-state index is 12.1. The van der Waals surface area contributed by atoms with Crippen molar-refractivity contribution < 1.29 is 9.32 Å². The predicted octanol–water partition coefficient (Wildman–Crippen LogP) is 2.79. The van der Waals surface area contributed by atoms with E-state index in [9.17, 15) is 4.79 Å². The minimum atomic E-state index is 0.163. The van der Waals surface area contributed by atoms with Crippen LogP contribution in [-0.2, 0) is 4.79 Å². The molecule has 1 aromatic carbocycles. The molecule has 1 saturated heterocycles. The number of rotatable bonds is 3. The Bertz CT molecular complexity index is 641. The second-order valence-electron chi connectivity index (χ2n) is 4.92. The summed E-state index contributed by atoms with van der Waals surface area (Å²) in [7, 11) is 0. The molecule has 1 aliphatic rings. The van der Waals surface area contributed by atoms with Crippen molar-refractivity contribution in [2.45, 2.75) is 13.3 Å². The maximum Gasteiger partial charge on any atom is 0.227 e. The van der Waals surface area contributed by atoms with E-state index in [4.69, 9.17) is 4.52 Å². The van der Waals surface area contributed by atoms with Crippen molar-refractivity contribution in [3.05, 3.63) is 30.2 Å². The van der Waals surface area contributed by atoms with Gasteiger partial charge >= 0.3 is 0 Å². The summed E-state index contributed by atoms with van der Waals surface area (Å²) < 4.78 is 4.99. The Hall–Kier alpha value is -1.69. The van der Waals surface area contributed by atoms with Crippen molar-refractivity contribution >= 4 is 27.5 Å². The van der Waals surface area contributed by atoms with Gasteiger partial charge in [0.05, 0.1) is 0 Å². The van der Waals surface area contributed by atoms with E-state index in [2.05, 4.69) is 26.1 Å². The van der Waals surface area contributed by atoms with E-state index >= 15 is 0 Å². The van der Waals surface area contributed by atoms with Crippen LogP contribution in [0.2, 0.25) is 0 Å². The largest absolute Gasteiger partial charge is 0.339 e. The maximum absolute atomic E-state index is 12.1. The number of aryl methyl sites for hydroxylation is 1. The molecule has 20 heavy (non-hydrogen) atoms. The average Bonchev–Trinajstić information content (AvgIpc) is 3.05. The molecule has 0 saturated carbocycles. The molecule has 5 nitrogen and oxygen atoms in total. The number of alkyl halides is 1. The minimum absolute atomic E-state index is 0.163. The monoisotopic (exact) mass is 335 g/mol. The zero-order valence-corrected chi connectivity index (χ0v) is 12.6. The molecule has 1 unspecified atom stereocenters. The van der Waals surface area contributed by atoms with Gasteiger partial charge in [-0.25, -0.2) is 0 Å². The fourth-order valence-corrected chi connectivity index (χ4v) is 2.80. The molecule has 3 rings (SSSR count). The molecule has 1 aliphatic heterocycles. The van der Waals surface area contributed by atoms with Crippen LogP contribution in [-0.4, -0.2) is 27.9 Å². The lowest BCUT2D eigenvalue weighted by molar-refractivity contribution is -0.117. The number of amides is 1. The fraction of sp³-hybridized carbons (Fsp3) is 0.357. The second-order valence-corrected chi connectivity index (χ2v) is 5.56. The zero-order valence-electron chi connectivity index (χ0n) is 11.0. The van der Waals surface area contributed by atoms with Gasteiger partial charge in [0.1, 0.15) is 0 Å². The van der Waals surface area contributed by atoms with Gasteiger partial charge in [0, 0.05) is 36.5 Å². The third kappa shape index (κ3) is 2.47. The van der Waals surface area contributed by atoms with Gasteiger partial charge in [0.25, 0.3) is 0 Å². The number of anilines is 1. The molecule has 0 bridgehead atoms. The summed E-state index contributed by atoms with van der Waals surface area (Å²) in [5.74, 6) is 1.62. The van der Waals surface area contributed by atoms with Crippen molar-refractivity contribution in [3.63, 3.8) is 0 Å². The van der Waals surface area contributed by atoms with E-state index in [0.29, 0.717) is 24.1 Å². The van der Waals surface area contributed by atoms with Crippen molar-refractivity contribution in [2.24, 2.45) is 5.92 Å². The zero-order chi connectivity index (χ0) is 14.1. The average molecular weight is 336 g/mol. The number of carbonyl (C=O) groups excluding carboxylic acids is 1. The Labute approximate surface area is 125 Å². The van der Waals surface area contributed by atoms with Crippen molar-refractivity contribution in [2.75, 3.05) is 16.8 Å². The van der Waals surface area contributed by atoms with E-state index < -0.39 is 0 Å². The van der Waals surface area contributed by atoms with Crippen LogP contribution in [0.4, 0.5) is 5.69 Å². The van der Waals surface area contributed by atoms with Gasteiger partial charge in [-0.2, -0.15) is 4.98 Å². The number of hydrogen-bond acceptors (Lipinski definition) is 4. The first kappa shape index (κ1) is 13.3. The first-order valence-corrected chi connectivity index (χ1v) is 7.56. The third-order valence-electron chi connectivity index (χ3n) is 3.37. The van der Waals surface area contributed by atoms with Gasteiger partial charge in [0.15, 0.2) is 0 Å². The lowest BCUT2D eigenvalue weighted by atomic mass is 10.1. The topological polar surface area (TPSA) is 59.2 Å². The molecular weight excluding hydrogens is 322 g/mol. The number of hydrogen-bond donors (Lipinski definition) is 0. The Morgan fingerprint density at radius 1 is 1.50 bits per heavy atom. The highest BCUT2D eigenvalue weighted by Crippen LogP contribution is 2.28. The van der Waals surface area contributed by atoms with Gasteiger partial charge < -0.3 is 9.42 Å². The van der Waals surface area contributed by atoms with E-state index in [0.717, 1.165) is 23.1 Å². The molecule has 104 valence electrons. The number of carbonyl (C=O) groups is 1. The first-order valence-electron chi connectivity index (χ1n) is 6.44. The normalized spacial score (nSPS) is 18.8. The molecule has 0 aliphatic carbocycles. The van der Waals surface area contributed by atoms with Gasteiger partial charge in [0.2, 0.25) is 17.6 Å². The molecule has 1 atom stereocenters. The van der Waals surface area contributed by atoms with Crippen molar-refractivity contribution in [1.29, 1.82) is 0 Å². The highest BCUT2D eigenvalue weighted by molar-refractivity contribution is 9.09. The lowest BCUT2D eigenvalue weighted by Gasteiger charge is -2.16. The minimum Gasteiger partial charge on any atom is -0.339 e. The van der Waals surface area contributed by atoms with Crippen LogP contribution in [0.1, 0.15) is 12.3 Å². The summed E-state index contributed by atoms with van der Waals surface area (Å²) in [6.45, 7) is 2.50. The smallest absolute Gasteiger partial charge is 0.227 e. The van der Waals surface area contributed by atoms with E-state index in [1.54, 1.807) is 6.92 Å². The van der Waals surface area contributed by atoms with Crippen LogP contribution in [0, 0.1) is 12.8 Å². The fourth-order valence-electron chi connectivity index (χ4n) is 2.36. The van der Waals surface area contributed by atoms with Gasteiger partial charge in [-0.15, -0.1) is 0 Å². The summed E-state index contributed by atoms with van der Waals surface area (Å²) >= 11 is 3.45. The van der Waals surface area contributed by atoms with Gasteiger partial charge in [-0.1, -0.05) is 33.2 Å². The summed E-state index contributed by atoms with van der Waals surface area (Å²) in [5, 5.41) is 4.75. The summed E-state index contributed by atoms with van der Waals surface area (Å²) in [6.07, 6.45) is 0.594. The molecular formula is C14H14BrN3O2. The standard InChI is InChI=1S/C14H14BrN3O2/c1-9-16-14(17-20-9)11-3-2-4-12(6-11)18-8-10(7-15)5-13(18)19/h2-4,6,10H,5,7-8H2,1H3. The molecule has 1 aromatic heterocycles. The molecule has 6 heteroatoms. The van der Waals surface area contributed by atoms with Crippen LogP contribution >= 0.6 is 15.9 Å². The van der Waals surface area contributed by atoms with Crippen LogP contribution < -0.4 is 4.90 Å². The molecule has 0 radical (unpaired) electrons. The number of nitrogens with zero attached hydrogens (tertiary/aromatic N) is 3. The Morgan fingerprint density at radius 2 is 2.35 bits per heavy atom. The first-order chi connectivity index (χ1) is 9.67. The number of benzene rings is 1. The second kappa shape index (κ2) is 5.36. The summed E-state index contributed by atoms with van der Waals surface area (Å²) in [4.78, 5) is 18.1. The lowest BCUT2D eigenvalue weighted by Crippen LogP contribution is -2.24. The molecule has 1 amide bonds. The molecule has 0 spiro atoms. The van der Waals surface area contributed by atoms with E-state index in [1.165, 1.54) is 0 Å². The molecule has 2 aromatic rings. The Balaban J connectivity index is 1.90. The van der Waals surface area contributed by atoms with Gasteiger partial charge in [-0.3, -0.25) is 4.79 Å². The third-order valence-corrected chi connectivity index (χ3v) is 4.28. The van der Waals surface area contributed by atoms with E-state index in [1.807, 2.05) is 29.2 Å². The van der Waals surface area contributed by atoms with Crippen molar-refractivity contribution in [3.8, 4) is 11.4 Å². The van der Waals surface area contributed by atoms with Gasteiger partial charge in [-0.05, 0) is 18.1 Å². The van der Waals surface area contributed by atoms with Crippen LogP contribution in [0.3, 0.4) is 0 Å². The van der Waals surface area contributed by atoms with E-state index in [-0.39, 0.29) is 5.91 Å². The van der Waals surface area contributed by atoms with Crippen LogP contribution in [0.25, 0.3) is 11.4 Å². The highest BCUT2D eigenvalue weighted by Gasteiger charge is 2.29. The Morgan fingerprint density at radius 3 is 3.00 bits per heavy atom. The number of halogens is 1. The van der Waals surface area contributed by atoms with Crippen molar-refractivity contribution in [1.82, 2.24) is 10.1 Å². The quantitative estimate of drug-likeness (QED) is 0.809. The summed E-state index contributed by atoms with van der Waals surface area (Å²) in [6, 6.07) is 7.69. The predicted molar refractivity (Wildman–Crippen MR) is 78.7 cm³/mol. The van der Waals surface area contributed by atoms with Crippen LogP contribution in [0.15, 0.2) is 28.8 Å². The Kier molecular flexibility index (Phi) is 3.56. The number of aromatic nitrogens is 2. The molecule has 1 fully saturated rings. The van der Waals surface area contributed by atoms with Crippen LogP contribution in [0.5, 0.6) is 0 Å². The molecule has 2 heterocycles. The molecule has 0 N–H and O–H groups in total. The highest BCUT2D eigenvalue weighted by atomic mass is 79.9. The summed E-state index contributed by atoms with van der Waals surface area (Å²) in [5.41, 5.74) is 1.74. The SMILES string of the molecule is Cc1nc(-c2cccc(N3CC(CBr)CC3=O)c2)no1.